The van der Waals surface area contributed by atoms with Crippen molar-refractivity contribution in [3.63, 3.8) is 0 Å². The summed E-state index contributed by atoms with van der Waals surface area (Å²) in [6, 6.07) is 18.7. The Balaban J connectivity index is 0.000000182. The fourth-order valence-corrected chi connectivity index (χ4v) is 6.36. The Morgan fingerprint density at radius 2 is 1.18 bits per heavy atom. The van der Waals surface area contributed by atoms with E-state index in [-0.39, 0.29) is 63.3 Å². The lowest BCUT2D eigenvalue weighted by molar-refractivity contribution is -0.138. The van der Waals surface area contributed by atoms with E-state index in [1.165, 1.54) is 56.8 Å². The second-order valence-corrected chi connectivity index (χ2v) is 14.1. The minimum absolute atomic E-state index is 0.0189. The average Bonchev–Trinajstić information content (AvgIpc) is 3.82. The highest BCUT2D eigenvalue weighted by molar-refractivity contribution is 6.29. The van der Waals surface area contributed by atoms with Crippen LogP contribution in [0.5, 0.6) is 0 Å². The minimum atomic E-state index is -4.69. The first kappa shape index (κ1) is 46.5. The number of anilines is 9. The summed E-state index contributed by atoms with van der Waals surface area (Å²) < 4.78 is 79.7. The predicted octanol–water partition coefficient (Wildman–Crippen LogP) is 7.85. The number of fused-ring (bicyclic) bond motifs is 2. The van der Waals surface area contributed by atoms with Crippen LogP contribution in [-0.2, 0) is 34.8 Å². The van der Waals surface area contributed by atoms with Crippen molar-refractivity contribution < 1.29 is 45.5 Å². The molecular formula is C42H35ClF6N12O4. The van der Waals surface area contributed by atoms with Gasteiger partial charge in [0.25, 0.3) is 11.8 Å². The van der Waals surface area contributed by atoms with Crippen LogP contribution in [0.1, 0.15) is 43.0 Å². The maximum atomic E-state index is 13.6. The molecule has 336 valence electrons. The van der Waals surface area contributed by atoms with E-state index in [9.17, 15) is 45.5 Å². The highest BCUT2D eigenvalue weighted by Crippen LogP contribution is 2.39. The number of nitrogens with zero attached hydrogens (tertiary/aromatic N) is 4. The van der Waals surface area contributed by atoms with Gasteiger partial charge in [-0.25, -0.2) is 19.9 Å². The molecule has 0 radical (unpaired) electrons. The smallest absolute Gasteiger partial charge is 0.399 e. The van der Waals surface area contributed by atoms with Crippen molar-refractivity contribution in [2.75, 3.05) is 46.4 Å². The standard InChI is InChI=1S/C21H17F3N6O2.C13H10ClF3N4O.C8H8N2O/c1-25-20(32)13-3-2-6-26-19(13)30-16-9-17(27-10-14(16)21(22,23)24)28-12-5-4-11-7-18(31)29-15(11)8-12;1-18-12(22)7-3-2-4-19-11(7)21-9-5-10(14)20-6-8(9)13(15,16)17;9-6-1-2-7-5(3-6)4-8(11)10-7/h2-6,8-10H,7H2,1H3,(H,25,32)(H,29,31)(H2,26,27,28,30);2-6H,1H3,(H,18,22)(H,19,20,21);1-3H,4,9H2,(H,10,11). The molecule has 0 fully saturated rings. The molecule has 0 saturated heterocycles. The molecule has 4 amide bonds. The number of rotatable bonds is 8. The van der Waals surface area contributed by atoms with Gasteiger partial charge in [-0.05, 0) is 71.8 Å². The van der Waals surface area contributed by atoms with Crippen LogP contribution in [0.3, 0.4) is 0 Å². The van der Waals surface area contributed by atoms with Crippen molar-refractivity contribution >= 4 is 86.8 Å². The molecule has 2 aliphatic rings. The summed E-state index contributed by atoms with van der Waals surface area (Å²) in [6.07, 6.45) is -4.54. The predicted molar refractivity (Wildman–Crippen MR) is 231 cm³/mol. The normalized spacial score (nSPS) is 12.4. The monoisotopic (exact) mass is 920 g/mol. The first-order valence-corrected chi connectivity index (χ1v) is 19.3. The van der Waals surface area contributed by atoms with Crippen LogP contribution in [0.2, 0.25) is 5.15 Å². The van der Waals surface area contributed by atoms with Crippen LogP contribution < -0.4 is 43.0 Å². The zero-order valence-corrected chi connectivity index (χ0v) is 34.6. The molecule has 65 heavy (non-hydrogen) atoms. The molecule has 8 rings (SSSR count). The van der Waals surface area contributed by atoms with Crippen molar-refractivity contribution in [2.24, 2.45) is 0 Å². The Morgan fingerprint density at radius 3 is 1.75 bits per heavy atom. The second-order valence-electron chi connectivity index (χ2n) is 13.7. The maximum absolute atomic E-state index is 13.6. The third kappa shape index (κ3) is 11.7. The van der Waals surface area contributed by atoms with Gasteiger partial charge in [0, 0.05) is 67.7 Å². The Labute approximate surface area is 369 Å². The van der Waals surface area contributed by atoms with E-state index in [2.05, 4.69) is 57.2 Å². The van der Waals surface area contributed by atoms with Gasteiger partial charge in [-0.3, -0.25) is 19.2 Å². The first-order chi connectivity index (χ1) is 30.8. The van der Waals surface area contributed by atoms with Crippen LogP contribution in [0.25, 0.3) is 0 Å². The van der Waals surface area contributed by atoms with Crippen molar-refractivity contribution in [3.05, 3.63) is 136 Å². The number of hydrogen-bond donors (Lipinski definition) is 8. The molecule has 2 aromatic carbocycles. The second kappa shape index (κ2) is 19.6. The first-order valence-electron chi connectivity index (χ1n) is 18.9. The van der Waals surface area contributed by atoms with Crippen LogP contribution in [0.4, 0.5) is 77.9 Å². The highest BCUT2D eigenvalue weighted by Gasteiger charge is 2.36. The Morgan fingerprint density at radius 1 is 0.646 bits per heavy atom. The Kier molecular flexibility index (Phi) is 14.0. The third-order valence-electron chi connectivity index (χ3n) is 9.21. The van der Waals surface area contributed by atoms with Crippen LogP contribution in [0, 0.1) is 0 Å². The molecule has 0 aliphatic carbocycles. The van der Waals surface area contributed by atoms with E-state index in [1.807, 2.05) is 12.1 Å². The Bertz CT molecular complexity index is 2790. The van der Waals surface area contributed by atoms with Gasteiger partial charge in [0.1, 0.15) is 22.6 Å². The number of carbonyl (C=O) groups excluding carboxylic acids is 4. The van der Waals surface area contributed by atoms with Gasteiger partial charge in [0.05, 0.1) is 46.5 Å². The van der Waals surface area contributed by atoms with Gasteiger partial charge < -0.3 is 43.0 Å². The van der Waals surface area contributed by atoms with Gasteiger partial charge in [-0.2, -0.15) is 26.3 Å². The van der Waals surface area contributed by atoms with Crippen molar-refractivity contribution in [3.8, 4) is 0 Å². The summed E-state index contributed by atoms with van der Waals surface area (Å²) in [4.78, 5) is 61.4. The highest BCUT2D eigenvalue weighted by atomic mass is 35.5. The van der Waals surface area contributed by atoms with Crippen LogP contribution in [0.15, 0.2) is 97.6 Å². The molecule has 6 heterocycles. The molecule has 6 aromatic rings. The fraction of sp³-hybridized carbons (Fsp3) is 0.143. The summed E-state index contributed by atoms with van der Waals surface area (Å²) in [5, 5.41) is 18.2. The molecule has 0 bridgehead atoms. The zero-order valence-electron chi connectivity index (χ0n) is 33.8. The van der Waals surface area contributed by atoms with Crippen molar-refractivity contribution in [1.29, 1.82) is 0 Å². The fourth-order valence-electron chi connectivity index (χ4n) is 6.20. The number of nitrogens with one attached hydrogen (secondary N) is 7. The average molecular weight is 921 g/mol. The number of nitrogen functional groups attached to an aromatic ring is 1. The number of pyridine rings is 4. The van der Waals surface area contributed by atoms with E-state index in [4.69, 9.17) is 17.3 Å². The van der Waals surface area contributed by atoms with E-state index >= 15 is 0 Å². The molecule has 16 nitrogen and oxygen atoms in total. The van der Waals surface area contributed by atoms with Crippen molar-refractivity contribution in [1.82, 2.24) is 30.6 Å². The quantitative estimate of drug-likeness (QED) is 0.0415. The molecule has 0 unspecified atom stereocenters. The largest absolute Gasteiger partial charge is 0.419 e. The van der Waals surface area contributed by atoms with E-state index in [1.54, 1.807) is 24.3 Å². The topological polar surface area (TPSA) is 230 Å². The number of carbonyl (C=O) groups is 4. The molecule has 0 spiro atoms. The lowest BCUT2D eigenvalue weighted by Crippen LogP contribution is -2.20. The van der Waals surface area contributed by atoms with Gasteiger partial charge in [0.15, 0.2) is 0 Å². The zero-order chi connectivity index (χ0) is 47.1. The minimum Gasteiger partial charge on any atom is -0.399 e. The Hall–Kier alpha value is -8.01. The van der Waals surface area contributed by atoms with Gasteiger partial charge in [-0.1, -0.05) is 17.7 Å². The van der Waals surface area contributed by atoms with E-state index in [0.29, 0.717) is 35.9 Å². The molecular weight excluding hydrogens is 886 g/mol. The molecule has 0 saturated carbocycles. The number of alkyl halides is 6. The summed E-state index contributed by atoms with van der Waals surface area (Å²) in [6.45, 7) is 0. The lowest BCUT2D eigenvalue weighted by Gasteiger charge is -2.17. The summed E-state index contributed by atoms with van der Waals surface area (Å²) in [7, 11) is 2.82. The van der Waals surface area contributed by atoms with Gasteiger partial charge in [-0.15, -0.1) is 0 Å². The van der Waals surface area contributed by atoms with Gasteiger partial charge in [0.2, 0.25) is 11.8 Å². The van der Waals surface area contributed by atoms with Gasteiger partial charge >= 0.3 is 12.4 Å². The van der Waals surface area contributed by atoms with E-state index in [0.717, 1.165) is 22.9 Å². The summed E-state index contributed by atoms with van der Waals surface area (Å²) in [5.41, 5.74) is 7.64. The van der Waals surface area contributed by atoms with Crippen molar-refractivity contribution in [2.45, 2.75) is 25.2 Å². The molecule has 2 aliphatic heterocycles. The van der Waals surface area contributed by atoms with E-state index < -0.39 is 35.3 Å². The molecule has 4 aromatic heterocycles. The maximum Gasteiger partial charge on any atom is 0.419 e. The SMILES string of the molecule is CNC(=O)c1cccnc1Nc1cc(Cl)ncc1C(F)(F)F.CNC(=O)c1cccnc1Nc1cc(Nc2ccc3c(c2)NC(=O)C3)ncc1C(F)(F)F.Nc1ccc2c(c1)CC(=O)N2. The number of hydrogen-bond acceptors (Lipinski definition) is 12. The number of nitrogens with two attached hydrogens (primary N) is 1. The molecule has 0 atom stereocenters. The number of halogens is 7. The number of benzene rings is 2. The summed E-state index contributed by atoms with van der Waals surface area (Å²) in [5.74, 6) is -0.984. The molecule has 9 N–H and O–H groups in total. The third-order valence-corrected chi connectivity index (χ3v) is 9.42. The van der Waals surface area contributed by atoms with Crippen LogP contribution in [-0.4, -0.2) is 57.7 Å². The number of aromatic nitrogens is 4. The lowest BCUT2D eigenvalue weighted by atomic mass is 10.1. The van der Waals surface area contributed by atoms with Crippen LogP contribution >= 0.6 is 11.6 Å². The molecule has 23 heteroatoms. The summed E-state index contributed by atoms with van der Waals surface area (Å²) >= 11 is 5.64. The number of amides is 4.